The summed E-state index contributed by atoms with van der Waals surface area (Å²) in [7, 11) is 0. The molecule has 0 radical (unpaired) electrons. The lowest BCUT2D eigenvalue weighted by Crippen LogP contribution is -2.15. The first kappa shape index (κ1) is 16.7. The molecule has 0 saturated carbocycles. The SMILES string of the molecule is Cc1cc2nc(C(C)C)cc(NC[C@H](O)c3ccc(Cl)cc3)n2n1. The van der Waals surface area contributed by atoms with Gasteiger partial charge in [-0.05, 0) is 30.5 Å². The normalized spacial score (nSPS) is 12.8. The number of rotatable bonds is 5. The van der Waals surface area contributed by atoms with E-state index < -0.39 is 6.10 Å². The highest BCUT2D eigenvalue weighted by molar-refractivity contribution is 6.30. The number of aromatic nitrogens is 3. The Morgan fingerprint density at radius 2 is 1.92 bits per heavy atom. The van der Waals surface area contributed by atoms with Crippen LogP contribution < -0.4 is 5.32 Å². The first-order valence-corrected chi connectivity index (χ1v) is 8.36. The molecular formula is C18H21ClN4O. The quantitative estimate of drug-likeness (QED) is 0.735. The standard InChI is InChI=1S/C18H21ClN4O/c1-11(2)15-9-17(23-18(21-15)8-12(3)22-23)20-10-16(24)13-4-6-14(19)7-5-13/h4-9,11,16,20,24H,10H2,1-3H3/t16-/m0/s1. The van der Waals surface area contributed by atoms with E-state index >= 15 is 0 Å². The summed E-state index contributed by atoms with van der Waals surface area (Å²) < 4.78 is 1.77. The van der Waals surface area contributed by atoms with E-state index in [0.29, 0.717) is 17.5 Å². The molecule has 2 N–H and O–H groups in total. The van der Waals surface area contributed by atoms with Gasteiger partial charge in [-0.15, -0.1) is 0 Å². The summed E-state index contributed by atoms with van der Waals surface area (Å²) in [6.45, 7) is 6.52. The molecule has 0 spiro atoms. The van der Waals surface area contributed by atoms with Crippen molar-refractivity contribution < 1.29 is 5.11 Å². The van der Waals surface area contributed by atoms with E-state index in [0.717, 1.165) is 28.4 Å². The van der Waals surface area contributed by atoms with Crippen molar-refractivity contribution >= 4 is 23.1 Å². The zero-order valence-electron chi connectivity index (χ0n) is 14.0. The third-order valence-electron chi connectivity index (χ3n) is 3.89. The lowest BCUT2D eigenvalue weighted by Gasteiger charge is -2.15. The largest absolute Gasteiger partial charge is 0.387 e. The highest BCUT2D eigenvalue weighted by Gasteiger charge is 2.12. The summed E-state index contributed by atoms with van der Waals surface area (Å²) >= 11 is 5.89. The van der Waals surface area contributed by atoms with Crippen molar-refractivity contribution in [2.75, 3.05) is 11.9 Å². The van der Waals surface area contributed by atoms with Gasteiger partial charge in [-0.25, -0.2) is 4.98 Å². The van der Waals surface area contributed by atoms with Gasteiger partial charge in [-0.2, -0.15) is 9.61 Å². The molecule has 2 aromatic heterocycles. The lowest BCUT2D eigenvalue weighted by molar-refractivity contribution is 0.191. The van der Waals surface area contributed by atoms with Gasteiger partial charge in [0.2, 0.25) is 0 Å². The molecule has 0 aliphatic carbocycles. The van der Waals surface area contributed by atoms with Crippen LogP contribution in [0.5, 0.6) is 0 Å². The molecule has 2 heterocycles. The van der Waals surface area contributed by atoms with E-state index in [1.54, 1.807) is 16.6 Å². The van der Waals surface area contributed by atoms with E-state index in [-0.39, 0.29) is 0 Å². The Morgan fingerprint density at radius 3 is 2.58 bits per heavy atom. The first-order valence-electron chi connectivity index (χ1n) is 7.99. The Balaban J connectivity index is 1.84. The van der Waals surface area contributed by atoms with Gasteiger partial charge in [0.05, 0.1) is 11.8 Å². The summed E-state index contributed by atoms with van der Waals surface area (Å²) in [5.41, 5.74) is 3.52. The molecule has 0 unspecified atom stereocenters. The zero-order chi connectivity index (χ0) is 17.3. The number of aryl methyl sites for hydroxylation is 1. The minimum Gasteiger partial charge on any atom is -0.387 e. The minimum absolute atomic E-state index is 0.312. The summed E-state index contributed by atoms with van der Waals surface area (Å²) in [5.74, 6) is 1.14. The molecule has 0 aliphatic heterocycles. The number of anilines is 1. The van der Waals surface area contributed by atoms with Crippen LogP contribution in [0.15, 0.2) is 36.4 Å². The van der Waals surface area contributed by atoms with Crippen LogP contribution in [0.3, 0.4) is 0 Å². The van der Waals surface area contributed by atoms with Crippen LogP contribution in [0, 0.1) is 6.92 Å². The Labute approximate surface area is 146 Å². The van der Waals surface area contributed by atoms with Crippen LogP contribution in [0.25, 0.3) is 5.65 Å². The first-order chi connectivity index (χ1) is 11.4. The molecule has 1 aromatic carbocycles. The maximum atomic E-state index is 10.4. The second kappa shape index (κ2) is 6.79. The molecule has 3 rings (SSSR count). The number of aliphatic hydroxyl groups is 1. The average Bonchev–Trinajstić information content (AvgIpc) is 2.93. The molecular weight excluding hydrogens is 324 g/mol. The smallest absolute Gasteiger partial charge is 0.157 e. The molecule has 0 amide bonds. The predicted octanol–water partition coefficient (Wildman–Crippen LogP) is 3.96. The number of aliphatic hydroxyl groups excluding tert-OH is 1. The van der Waals surface area contributed by atoms with Crippen molar-refractivity contribution in [3.63, 3.8) is 0 Å². The van der Waals surface area contributed by atoms with E-state index in [2.05, 4.69) is 29.2 Å². The molecule has 126 valence electrons. The average molecular weight is 345 g/mol. The van der Waals surface area contributed by atoms with Crippen LogP contribution in [0.4, 0.5) is 5.82 Å². The van der Waals surface area contributed by atoms with E-state index in [1.165, 1.54) is 0 Å². The van der Waals surface area contributed by atoms with Crippen molar-refractivity contribution in [3.8, 4) is 0 Å². The molecule has 0 aliphatic rings. The second-order valence-electron chi connectivity index (χ2n) is 6.22. The third-order valence-corrected chi connectivity index (χ3v) is 4.14. The Kier molecular flexibility index (Phi) is 4.73. The number of hydrogen-bond donors (Lipinski definition) is 2. The Morgan fingerprint density at radius 1 is 1.21 bits per heavy atom. The molecule has 0 saturated heterocycles. The fraction of sp³-hybridized carbons (Fsp3) is 0.333. The topological polar surface area (TPSA) is 62.5 Å². The number of halogens is 1. The van der Waals surface area contributed by atoms with Gasteiger partial charge in [0.15, 0.2) is 5.65 Å². The van der Waals surface area contributed by atoms with Gasteiger partial charge < -0.3 is 10.4 Å². The minimum atomic E-state index is -0.635. The molecule has 6 heteroatoms. The van der Waals surface area contributed by atoms with Crippen LogP contribution in [0.2, 0.25) is 5.02 Å². The van der Waals surface area contributed by atoms with Gasteiger partial charge >= 0.3 is 0 Å². The van der Waals surface area contributed by atoms with Crippen molar-refractivity contribution in [2.45, 2.75) is 32.8 Å². The fourth-order valence-electron chi connectivity index (χ4n) is 2.53. The molecule has 1 atom stereocenters. The molecule has 0 bridgehead atoms. The van der Waals surface area contributed by atoms with Crippen molar-refractivity contribution in [1.29, 1.82) is 0 Å². The predicted molar refractivity (Wildman–Crippen MR) is 96.7 cm³/mol. The summed E-state index contributed by atoms with van der Waals surface area (Å²) in [5, 5.41) is 18.8. The highest BCUT2D eigenvalue weighted by Crippen LogP contribution is 2.21. The van der Waals surface area contributed by atoms with Crippen LogP contribution in [-0.2, 0) is 0 Å². The van der Waals surface area contributed by atoms with Crippen molar-refractivity contribution in [3.05, 3.63) is 58.4 Å². The van der Waals surface area contributed by atoms with E-state index in [9.17, 15) is 5.11 Å². The number of benzene rings is 1. The molecule has 24 heavy (non-hydrogen) atoms. The number of nitrogens with one attached hydrogen (secondary N) is 1. The van der Waals surface area contributed by atoms with Gasteiger partial charge in [0.1, 0.15) is 5.82 Å². The van der Waals surface area contributed by atoms with Crippen LogP contribution in [0.1, 0.15) is 42.8 Å². The lowest BCUT2D eigenvalue weighted by atomic mass is 10.1. The Hall–Kier alpha value is -2.11. The maximum Gasteiger partial charge on any atom is 0.157 e. The van der Waals surface area contributed by atoms with Crippen molar-refractivity contribution in [2.24, 2.45) is 0 Å². The molecule has 3 aromatic rings. The summed E-state index contributed by atoms with van der Waals surface area (Å²) in [4.78, 5) is 4.63. The highest BCUT2D eigenvalue weighted by atomic mass is 35.5. The Bertz CT molecular complexity index is 842. The maximum absolute atomic E-state index is 10.4. The fourth-order valence-corrected chi connectivity index (χ4v) is 2.66. The van der Waals surface area contributed by atoms with Gasteiger partial charge in [-0.1, -0.05) is 37.6 Å². The van der Waals surface area contributed by atoms with Crippen LogP contribution >= 0.6 is 11.6 Å². The van der Waals surface area contributed by atoms with E-state index in [1.807, 2.05) is 31.2 Å². The molecule has 0 fully saturated rings. The van der Waals surface area contributed by atoms with Gasteiger partial charge in [-0.3, -0.25) is 0 Å². The van der Waals surface area contributed by atoms with Gasteiger partial charge in [0, 0.05) is 29.4 Å². The number of nitrogens with zero attached hydrogens (tertiary/aromatic N) is 3. The van der Waals surface area contributed by atoms with Gasteiger partial charge in [0.25, 0.3) is 0 Å². The van der Waals surface area contributed by atoms with Crippen molar-refractivity contribution in [1.82, 2.24) is 14.6 Å². The second-order valence-corrected chi connectivity index (χ2v) is 6.66. The number of hydrogen-bond acceptors (Lipinski definition) is 4. The summed E-state index contributed by atoms with van der Waals surface area (Å²) in [6, 6.07) is 11.1. The third kappa shape index (κ3) is 3.52. The molecule has 5 nitrogen and oxygen atoms in total. The van der Waals surface area contributed by atoms with Crippen LogP contribution in [-0.4, -0.2) is 26.2 Å². The monoisotopic (exact) mass is 344 g/mol. The van der Waals surface area contributed by atoms with E-state index in [4.69, 9.17) is 11.6 Å². The zero-order valence-corrected chi connectivity index (χ0v) is 14.7. The number of fused-ring (bicyclic) bond motifs is 1. The summed E-state index contributed by atoms with van der Waals surface area (Å²) in [6.07, 6.45) is -0.635.